The monoisotopic (exact) mass is 242 g/mol. The third-order valence-electron chi connectivity index (χ3n) is 2.00. The van der Waals surface area contributed by atoms with Crippen LogP contribution in [0.25, 0.3) is 0 Å². The first-order valence-corrected chi connectivity index (χ1v) is 6.25. The number of hydrogen-bond acceptors (Lipinski definition) is 2. The van der Waals surface area contributed by atoms with Gasteiger partial charge >= 0.3 is 5.97 Å². The summed E-state index contributed by atoms with van der Waals surface area (Å²) in [5.74, 6) is 0.661. The lowest BCUT2D eigenvalue weighted by atomic mass is 10.1. The number of carboxylic acid groups (broad SMARTS) is 1. The van der Waals surface area contributed by atoms with Crippen molar-refractivity contribution in [1.82, 2.24) is 0 Å². The molecule has 0 atom stereocenters. The molecule has 1 aromatic carbocycles. The van der Waals surface area contributed by atoms with Crippen LogP contribution in [0.4, 0.5) is 4.39 Å². The maximum atomic E-state index is 13.4. The Hall–Kier alpha value is -1.03. The molecule has 0 aliphatic carbocycles. The second-order valence-electron chi connectivity index (χ2n) is 4.02. The molecule has 0 saturated carbocycles. The van der Waals surface area contributed by atoms with Gasteiger partial charge in [-0.05, 0) is 35.4 Å². The zero-order valence-corrected chi connectivity index (χ0v) is 10.2. The zero-order chi connectivity index (χ0) is 12.1. The van der Waals surface area contributed by atoms with Crippen molar-refractivity contribution < 1.29 is 14.3 Å². The largest absolute Gasteiger partial charge is 0.478 e. The fraction of sp³-hybridized carbons (Fsp3) is 0.417. The molecule has 16 heavy (non-hydrogen) atoms. The van der Waals surface area contributed by atoms with Crippen LogP contribution in [0.15, 0.2) is 18.2 Å². The van der Waals surface area contributed by atoms with Crippen molar-refractivity contribution in [1.29, 1.82) is 0 Å². The number of benzene rings is 1. The van der Waals surface area contributed by atoms with Crippen LogP contribution in [0.2, 0.25) is 0 Å². The van der Waals surface area contributed by atoms with Gasteiger partial charge in [-0.3, -0.25) is 0 Å². The summed E-state index contributed by atoms with van der Waals surface area (Å²) in [5.41, 5.74) is 0.604. The predicted molar refractivity (Wildman–Crippen MR) is 64.4 cm³/mol. The molecule has 0 saturated heterocycles. The molecule has 0 aromatic heterocycles. The number of aromatic carboxylic acids is 1. The van der Waals surface area contributed by atoms with Crippen LogP contribution in [-0.4, -0.2) is 16.8 Å². The Balaban J connectivity index is 2.70. The molecule has 0 amide bonds. The van der Waals surface area contributed by atoms with Crippen LogP contribution in [0.5, 0.6) is 0 Å². The standard InChI is InChI=1S/C12H15FO2S/c1-8(2)6-16-7-10-5-9(12(14)15)3-4-11(10)13/h3-5,8H,6-7H2,1-2H3,(H,14,15). The van der Waals surface area contributed by atoms with Crippen LogP contribution >= 0.6 is 11.8 Å². The molecule has 1 N–H and O–H groups in total. The molecule has 0 aliphatic rings. The predicted octanol–water partition coefficient (Wildman–Crippen LogP) is 3.41. The summed E-state index contributed by atoms with van der Waals surface area (Å²) >= 11 is 1.62. The molecule has 0 fully saturated rings. The average Bonchev–Trinajstić information content (AvgIpc) is 2.20. The van der Waals surface area contributed by atoms with E-state index in [0.29, 0.717) is 17.2 Å². The van der Waals surface area contributed by atoms with Gasteiger partial charge in [0.2, 0.25) is 0 Å². The lowest BCUT2D eigenvalue weighted by Crippen LogP contribution is -2.00. The molecule has 4 heteroatoms. The van der Waals surface area contributed by atoms with Crippen LogP contribution in [0.1, 0.15) is 29.8 Å². The molecule has 2 nitrogen and oxygen atoms in total. The van der Waals surface area contributed by atoms with E-state index in [-0.39, 0.29) is 11.4 Å². The van der Waals surface area contributed by atoms with E-state index < -0.39 is 5.97 Å². The van der Waals surface area contributed by atoms with Gasteiger partial charge in [0, 0.05) is 5.75 Å². The molecular weight excluding hydrogens is 227 g/mol. The van der Waals surface area contributed by atoms with Crippen molar-refractivity contribution in [3.8, 4) is 0 Å². The number of hydrogen-bond donors (Lipinski definition) is 1. The Bertz CT molecular complexity index is 377. The van der Waals surface area contributed by atoms with Gasteiger partial charge in [-0.25, -0.2) is 9.18 Å². The van der Waals surface area contributed by atoms with Gasteiger partial charge in [0.05, 0.1) is 5.56 Å². The van der Waals surface area contributed by atoms with Gasteiger partial charge in [-0.1, -0.05) is 13.8 Å². The van der Waals surface area contributed by atoms with Gasteiger partial charge < -0.3 is 5.11 Å². The lowest BCUT2D eigenvalue weighted by molar-refractivity contribution is 0.0696. The number of rotatable bonds is 5. The quantitative estimate of drug-likeness (QED) is 0.859. The number of carbonyl (C=O) groups is 1. The topological polar surface area (TPSA) is 37.3 Å². The average molecular weight is 242 g/mol. The summed E-state index contributed by atoms with van der Waals surface area (Å²) in [4.78, 5) is 10.7. The van der Waals surface area contributed by atoms with E-state index in [1.807, 2.05) is 0 Å². The van der Waals surface area contributed by atoms with Gasteiger partial charge in [0.1, 0.15) is 5.82 Å². The first-order chi connectivity index (χ1) is 7.50. The summed E-state index contributed by atoms with van der Waals surface area (Å²) in [6, 6.07) is 3.91. The van der Waals surface area contributed by atoms with Crippen molar-refractivity contribution in [2.75, 3.05) is 5.75 Å². The van der Waals surface area contributed by atoms with E-state index in [1.165, 1.54) is 18.2 Å². The molecule has 0 radical (unpaired) electrons. The SMILES string of the molecule is CC(C)CSCc1cc(C(=O)O)ccc1F. The van der Waals surface area contributed by atoms with Gasteiger partial charge in [0.25, 0.3) is 0 Å². The maximum absolute atomic E-state index is 13.4. The van der Waals surface area contributed by atoms with Crippen LogP contribution in [0, 0.1) is 11.7 Å². The minimum Gasteiger partial charge on any atom is -0.478 e. The Kier molecular flexibility index (Phi) is 4.80. The third-order valence-corrected chi connectivity index (χ3v) is 3.42. The van der Waals surface area contributed by atoms with E-state index in [0.717, 1.165) is 5.75 Å². The van der Waals surface area contributed by atoms with E-state index in [4.69, 9.17) is 5.11 Å². The van der Waals surface area contributed by atoms with Gasteiger partial charge in [-0.15, -0.1) is 0 Å². The Morgan fingerprint density at radius 3 is 2.75 bits per heavy atom. The zero-order valence-electron chi connectivity index (χ0n) is 9.37. The highest BCUT2D eigenvalue weighted by Crippen LogP contribution is 2.19. The van der Waals surface area contributed by atoms with Crippen molar-refractivity contribution in [3.05, 3.63) is 35.1 Å². The van der Waals surface area contributed by atoms with Crippen LogP contribution in [-0.2, 0) is 5.75 Å². The molecule has 0 aliphatic heterocycles. The molecule has 0 unspecified atom stereocenters. The first-order valence-electron chi connectivity index (χ1n) is 5.10. The minimum atomic E-state index is -1.02. The van der Waals surface area contributed by atoms with E-state index in [2.05, 4.69) is 13.8 Å². The highest BCUT2D eigenvalue weighted by Gasteiger charge is 2.08. The molecule has 1 rings (SSSR count). The Morgan fingerprint density at radius 2 is 2.19 bits per heavy atom. The second kappa shape index (κ2) is 5.89. The summed E-state index contributed by atoms with van der Waals surface area (Å²) in [6.45, 7) is 4.19. The molecule has 88 valence electrons. The normalized spacial score (nSPS) is 10.8. The van der Waals surface area contributed by atoms with Crippen molar-refractivity contribution >= 4 is 17.7 Å². The van der Waals surface area contributed by atoms with E-state index in [1.54, 1.807) is 11.8 Å². The third kappa shape index (κ3) is 3.85. The molecule has 0 bridgehead atoms. The first kappa shape index (κ1) is 13.0. The number of thioether (sulfide) groups is 1. The smallest absolute Gasteiger partial charge is 0.335 e. The Morgan fingerprint density at radius 1 is 1.50 bits per heavy atom. The van der Waals surface area contributed by atoms with E-state index in [9.17, 15) is 9.18 Å². The summed E-state index contributed by atoms with van der Waals surface area (Å²) in [6.07, 6.45) is 0. The summed E-state index contributed by atoms with van der Waals surface area (Å²) < 4.78 is 13.4. The number of carboxylic acids is 1. The van der Waals surface area contributed by atoms with Crippen molar-refractivity contribution in [3.63, 3.8) is 0 Å². The van der Waals surface area contributed by atoms with Gasteiger partial charge in [0.15, 0.2) is 0 Å². The summed E-state index contributed by atoms with van der Waals surface area (Å²) in [5, 5.41) is 8.78. The lowest BCUT2D eigenvalue weighted by Gasteiger charge is -2.06. The number of halogens is 1. The van der Waals surface area contributed by atoms with Gasteiger partial charge in [-0.2, -0.15) is 11.8 Å². The summed E-state index contributed by atoms with van der Waals surface area (Å²) in [7, 11) is 0. The van der Waals surface area contributed by atoms with E-state index >= 15 is 0 Å². The molecular formula is C12H15FO2S. The molecule has 1 aromatic rings. The molecule has 0 spiro atoms. The molecule has 0 heterocycles. The van der Waals surface area contributed by atoms with Crippen molar-refractivity contribution in [2.45, 2.75) is 19.6 Å². The second-order valence-corrected chi connectivity index (χ2v) is 5.05. The minimum absolute atomic E-state index is 0.140. The highest BCUT2D eigenvalue weighted by molar-refractivity contribution is 7.98. The highest BCUT2D eigenvalue weighted by atomic mass is 32.2. The van der Waals surface area contributed by atoms with Crippen LogP contribution in [0.3, 0.4) is 0 Å². The fourth-order valence-corrected chi connectivity index (χ4v) is 2.25. The fourth-order valence-electron chi connectivity index (χ4n) is 1.22. The Labute approximate surface area is 98.9 Å². The van der Waals surface area contributed by atoms with Crippen molar-refractivity contribution in [2.24, 2.45) is 5.92 Å². The maximum Gasteiger partial charge on any atom is 0.335 e. The van der Waals surface area contributed by atoms with Crippen LogP contribution < -0.4 is 0 Å².